The van der Waals surface area contributed by atoms with Gasteiger partial charge in [-0.2, -0.15) is 12.7 Å². The van der Waals surface area contributed by atoms with Gasteiger partial charge in [0.05, 0.1) is 12.0 Å². The number of piperidine rings is 1. The SMILES string of the molecule is CCNS(=O)(=O)N1CC2NC(NC(=O)C3CNC(C)CC3C3CCCCC3OC)SC2C1. The van der Waals surface area contributed by atoms with Gasteiger partial charge in [0.2, 0.25) is 5.91 Å². The average molecular weight is 490 g/mol. The van der Waals surface area contributed by atoms with Crippen molar-refractivity contribution in [1.82, 2.24) is 25.0 Å². The van der Waals surface area contributed by atoms with E-state index < -0.39 is 10.2 Å². The van der Waals surface area contributed by atoms with Gasteiger partial charge in [0.15, 0.2) is 0 Å². The minimum Gasteiger partial charge on any atom is -0.381 e. The van der Waals surface area contributed by atoms with Gasteiger partial charge in [0.1, 0.15) is 5.50 Å². The number of fused-ring (bicyclic) bond motifs is 1. The van der Waals surface area contributed by atoms with Crippen LogP contribution in [0.5, 0.6) is 0 Å². The molecule has 0 aromatic rings. The molecule has 3 aliphatic heterocycles. The number of hydrogen-bond donors (Lipinski definition) is 4. The molecule has 8 atom stereocenters. The molecular weight excluding hydrogens is 450 g/mol. The summed E-state index contributed by atoms with van der Waals surface area (Å²) in [6, 6.07) is 0.460. The molecule has 11 heteroatoms. The number of carbonyl (C=O) groups excluding carboxylic acids is 1. The molecule has 184 valence electrons. The van der Waals surface area contributed by atoms with Crippen molar-refractivity contribution in [1.29, 1.82) is 0 Å². The van der Waals surface area contributed by atoms with Crippen LogP contribution in [0.3, 0.4) is 0 Å². The molecule has 0 aromatic heterocycles. The predicted octanol–water partition coefficient (Wildman–Crippen LogP) is 0.449. The molecule has 4 aliphatic rings. The lowest BCUT2D eigenvalue weighted by atomic mass is 9.68. The van der Waals surface area contributed by atoms with Gasteiger partial charge in [-0.15, -0.1) is 11.8 Å². The molecule has 4 fully saturated rings. The predicted molar refractivity (Wildman–Crippen MR) is 126 cm³/mol. The van der Waals surface area contributed by atoms with Gasteiger partial charge in [0, 0.05) is 50.6 Å². The quantitative estimate of drug-likeness (QED) is 0.411. The van der Waals surface area contributed by atoms with Crippen LogP contribution < -0.4 is 20.7 Å². The third kappa shape index (κ3) is 5.29. The minimum absolute atomic E-state index is 0.0512. The Kier molecular flexibility index (Phi) is 8.06. The molecule has 9 nitrogen and oxygen atoms in total. The first kappa shape index (κ1) is 24.7. The summed E-state index contributed by atoms with van der Waals surface area (Å²) in [6.07, 6.45) is 5.89. The second-order valence-corrected chi connectivity index (χ2v) is 12.8. The molecule has 0 aromatic carbocycles. The number of rotatable bonds is 7. The number of carbonyl (C=O) groups is 1. The van der Waals surface area contributed by atoms with Crippen LogP contribution in [-0.4, -0.2) is 80.9 Å². The Morgan fingerprint density at radius 1 is 1.22 bits per heavy atom. The molecule has 3 heterocycles. The van der Waals surface area contributed by atoms with Crippen molar-refractivity contribution >= 4 is 27.9 Å². The van der Waals surface area contributed by atoms with E-state index in [2.05, 4.69) is 27.6 Å². The Bertz CT molecular complexity index is 755. The van der Waals surface area contributed by atoms with Crippen LogP contribution in [0.25, 0.3) is 0 Å². The molecule has 1 saturated carbocycles. The summed E-state index contributed by atoms with van der Waals surface area (Å²) in [4.78, 5) is 13.4. The van der Waals surface area contributed by atoms with Crippen LogP contribution in [0.15, 0.2) is 0 Å². The van der Waals surface area contributed by atoms with E-state index in [1.165, 1.54) is 17.1 Å². The summed E-state index contributed by atoms with van der Waals surface area (Å²) >= 11 is 1.63. The summed E-state index contributed by atoms with van der Waals surface area (Å²) < 4.78 is 34.5. The molecule has 1 amide bonds. The van der Waals surface area contributed by atoms with E-state index in [-0.39, 0.29) is 34.7 Å². The molecule has 8 unspecified atom stereocenters. The first-order valence-corrected chi connectivity index (χ1v) is 14.4. The standard InChI is InChI=1S/C21H39N5O4S2/c1-4-23-32(28,29)26-11-17-19(12-26)31-21(24-17)25-20(27)16-10-22-13(2)9-15(16)14-7-5-6-8-18(14)30-3/h13-19,21-24H,4-12H2,1-3H3,(H,25,27). The van der Waals surface area contributed by atoms with Crippen molar-refractivity contribution in [2.75, 3.05) is 33.3 Å². The van der Waals surface area contributed by atoms with Crippen molar-refractivity contribution in [3.05, 3.63) is 0 Å². The van der Waals surface area contributed by atoms with Crippen LogP contribution in [-0.2, 0) is 19.7 Å². The normalized spacial score (nSPS) is 40.8. The third-order valence-electron chi connectivity index (χ3n) is 7.62. The number of methoxy groups -OCH3 is 1. The van der Waals surface area contributed by atoms with Gasteiger partial charge in [-0.3, -0.25) is 10.1 Å². The number of amides is 1. The Morgan fingerprint density at radius 3 is 2.72 bits per heavy atom. The fraction of sp³-hybridized carbons (Fsp3) is 0.952. The van der Waals surface area contributed by atoms with Crippen LogP contribution >= 0.6 is 11.8 Å². The Morgan fingerprint density at radius 2 is 2.00 bits per heavy atom. The van der Waals surface area contributed by atoms with Crippen molar-refractivity contribution in [3.8, 4) is 0 Å². The second kappa shape index (κ2) is 10.5. The van der Waals surface area contributed by atoms with Crippen molar-refractivity contribution in [2.24, 2.45) is 17.8 Å². The molecular formula is C21H39N5O4S2. The zero-order valence-corrected chi connectivity index (χ0v) is 21.0. The summed E-state index contributed by atoms with van der Waals surface area (Å²) in [7, 11) is -1.61. The van der Waals surface area contributed by atoms with E-state index >= 15 is 0 Å². The van der Waals surface area contributed by atoms with Gasteiger partial charge >= 0.3 is 0 Å². The van der Waals surface area contributed by atoms with E-state index in [9.17, 15) is 13.2 Å². The topological polar surface area (TPSA) is 112 Å². The zero-order chi connectivity index (χ0) is 22.9. The number of hydrogen-bond acceptors (Lipinski definition) is 7. The summed E-state index contributed by atoms with van der Waals surface area (Å²) in [5, 5.41) is 10.3. The highest BCUT2D eigenvalue weighted by molar-refractivity contribution is 8.00. The largest absolute Gasteiger partial charge is 0.381 e. The fourth-order valence-corrected chi connectivity index (χ4v) is 8.79. The van der Waals surface area contributed by atoms with Gasteiger partial charge in [-0.05, 0) is 38.0 Å². The Balaban J connectivity index is 1.35. The highest BCUT2D eigenvalue weighted by Gasteiger charge is 2.47. The van der Waals surface area contributed by atoms with Crippen LogP contribution in [0.2, 0.25) is 0 Å². The average Bonchev–Trinajstić information content (AvgIpc) is 3.33. The maximum absolute atomic E-state index is 13.4. The van der Waals surface area contributed by atoms with Crippen LogP contribution in [0, 0.1) is 17.8 Å². The fourth-order valence-electron chi connectivity index (χ4n) is 6.03. The monoisotopic (exact) mass is 489 g/mol. The molecule has 0 radical (unpaired) electrons. The number of nitrogens with one attached hydrogen (secondary N) is 4. The van der Waals surface area contributed by atoms with E-state index in [1.807, 2.05) is 0 Å². The van der Waals surface area contributed by atoms with E-state index in [0.29, 0.717) is 44.1 Å². The molecule has 3 saturated heterocycles. The van der Waals surface area contributed by atoms with E-state index in [4.69, 9.17) is 4.74 Å². The molecule has 4 N–H and O–H groups in total. The van der Waals surface area contributed by atoms with Gasteiger partial charge in [0.25, 0.3) is 10.2 Å². The molecule has 4 rings (SSSR count). The third-order valence-corrected chi connectivity index (χ3v) is 10.6. The van der Waals surface area contributed by atoms with Crippen molar-refractivity contribution in [3.63, 3.8) is 0 Å². The van der Waals surface area contributed by atoms with Gasteiger partial charge in [-0.1, -0.05) is 19.8 Å². The first-order chi connectivity index (χ1) is 15.3. The second-order valence-electron chi connectivity index (χ2n) is 9.69. The summed E-state index contributed by atoms with van der Waals surface area (Å²) in [5.41, 5.74) is -0.175. The first-order valence-electron chi connectivity index (χ1n) is 12.0. The minimum atomic E-state index is -3.42. The van der Waals surface area contributed by atoms with Gasteiger partial charge in [-0.25, -0.2) is 4.72 Å². The Hall–Kier alpha value is -0.430. The number of thioether (sulfide) groups is 1. The lowest BCUT2D eigenvalue weighted by molar-refractivity contribution is -0.130. The molecule has 0 spiro atoms. The number of nitrogens with zero attached hydrogens (tertiary/aromatic N) is 1. The summed E-state index contributed by atoms with van der Waals surface area (Å²) in [6.45, 7) is 5.96. The van der Waals surface area contributed by atoms with E-state index in [0.717, 1.165) is 19.3 Å². The zero-order valence-electron chi connectivity index (χ0n) is 19.4. The lowest BCUT2D eigenvalue weighted by Gasteiger charge is -2.44. The maximum Gasteiger partial charge on any atom is 0.279 e. The van der Waals surface area contributed by atoms with E-state index in [1.54, 1.807) is 25.8 Å². The highest BCUT2D eigenvalue weighted by atomic mass is 32.2. The van der Waals surface area contributed by atoms with Crippen molar-refractivity contribution in [2.45, 2.75) is 74.9 Å². The number of ether oxygens (including phenoxy) is 1. The Labute approximate surface area is 196 Å². The van der Waals surface area contributed by atoms with Crippen LogP contribution in [0.1, 0.15) is 46.0 Å². The maximum atomic E-state index is 13.4. The highest BCUT2D eigenvalue weighted by Crippen LogP contribution is 2.40. The smallest absolute Gasteiger partial charge is 0.279 e. The molecule has 1 aliphatic carbocycles. The molecule has 32 heavy (non-hydrogen) atoms. The van der Waals surface area contributed by atoms with Crippen molar-refractivity contribution < 1.29 is 17.9 Å². The van der Waals surface area contributed by atoms with Gasteiger partial charge < -0.3 is 15.4 Å². The molecule has 0 bridgehead atoms. The van der Waals surface area contributed by atoms with Crippen LogP contribution in [0.4, 0.5) is 0 Å². The lowest BCUT2D eigenvalue weighted by Crippen LogP contribution is -2.55. The summed E-state index contributed by atoms with van der Waals surface area (Å²) in [5.74, 6) is 0.781.